The molecule has 1 aromatic heterocycles. The van der Waals surface area contributed by atoms with Crippen LogP contribution in [0.3, 0.4) is 0 Å². The van der Waals surface area contributed by atoms with Gasteiger partial charge in [0.25, 0.3) is 5.91 Å². The van der Waals surface area contributed by atoms with Gasteiger partial charge < -0.3 is 0 Å². The molecular weight excluding hydrogens is 454 g/mol. The van der Waals surface area contributed by atoms with E-state index in [0.717, 1.165) is 22.6 Å². The number of halogens is 1. The zero-order valence-electron chi connectivity index (χ0n) is 18.2. The Morgan fingerprint density at radius 2 is 1.70 bits per heavy atom. The molecule has 4 aromatic rings. The predicted octanol–water partition coefficient (Wildman–Crippen LogP) is 5.53. The van der Waals surface area contributed by atoms with Crippen molar-refractivity contribution in [3.63, 3.8) is 0 Å². The van der Waals surface area contributed by atoms with Gasteiger partial charge >= 0.3 is 0 Å². The fraction of sp³-hybridized carbons (Fsp3) is 0.120. The Balaban J connectivity index is 1.52. The number of carbonyl (C=O) groups excluding carboxylic acids is 1. The number of carbonyl (C=O) groups is 1. The van der Waals surface area contributed by atoms with Gasteiger partial charge in [-0.1, -0.05) is 89.6 Å². The van der Waals surface area contributed by atoms with E-state index in [1.54, 1.807) is 13.0 Å². The molecule has 0 aliphatic heterocycles. The number of aromatic nitrogens is 3. The molecule has 0 bridgehead atoms. The molecule has 0 spiro atoms. The summed E-state index contributed by atoms with van der Waals surface area (Å²) in [5.41, 5.74) is 7.05. The molecule has 0 unspecified atom stereocenters. The van der Waals surface area contributed by atoms with Gasteiger partial charge in [0.2, 0.25) is 0 Å². The number of thioether (sulfide) groups is 1. The number of nitrogens with zero attached hydrogens (tertiary/aromatic N) is 4. The third-order valence-electron chi connectivity index (χ3n) is 4.90. The summed E-state index contributed by atoms with van der Waals surface area (Å²) >= 11 is 7.50. The molecule has 0 aliphatic carbocycles. The second-order valence-electron chi connectivity index (χ2n) is 7.34. The quantitative estimate of drug-likeness (QED) is 0.217. The van der Waals surface area contributed by atoms with E-state index in [9.17, 15) is 4.79 Å². The summed E-state index contributed by atoms with van der Waals surface area (Å²) in [5, 5.41) is 14.2. The van der Waals surface area contributed by atoms with Crippen LogP contribution in [-0.4, -0.2) is 32.1 Å². The zero-order valence-corrected chi connectivity index (χ0v) is 19.8. The molecule has 0 radical (unpaired) electrons. The molecule has 0 atom stereocenters. The molecule has 4 rings (SSSR count). The average Bonchev–Trinajstić information content (AvgIpc) is 3.26. The third kappa shape index (κ3) is 5.50. The van der Waals surface area contributed by atoms with E-state index in [4.69, 9.17) is 11.6 Å². The van der Waals surface area contributed by atoms with Crippen molar-refractivity contribution in [2.75, 3.05) is 5.75 Å². The monoisotopic (exact) mass is 475 g/mol. The lowest BCUT2D eigenvalue weighted by atomic mass is 10.1. The van der Waals surface area contributed by atoms with Crippen LogP contribution < -0.4 is 5.43 Å². The standard InChI is InChI=1S/C25H22ClN5OS/c1-17-12-14-19(15-13-17)24-29-30-25(31(24)20-8-4-3-5-9-20)33-16-23(32)28-27-18(2)21-10-6-7-11-22(21)26/h3-15H,16H2,1-2H3,(H,28,32)/b27-18-. The molecule has 0 fully saturated rings. The number of hydrogen-bond donors (Lipinski definition) is 1. The summed E-state index contributed by atoms with van der Waals surface area (Å²) in [4.78, 5) is 12.5. The summed E-state index contributed by atoms with van der Waals surface area (Å²) in [6.45, 7) is 3.84. The van der Waals surface area contributed by atoms with Gasteiger partial charge in [0, 0.05) is 21.8 Å². The summed E-state index contributed by atoms with van der Waals surface area (Å²) in [7, 11) is 0. The first-order chi connectivity index (χ1) is 16.0. The Kier molecular flexibility index (Phi) is 7.22. The number of para-hydroxylation sites is 1. The summed E-state index contributed by atoms with van der Waals surface area (Å²) < 4.78 is 1.96. The number of hydrogen-bond acceptors (Lipinski definition) is 5. The summed E-state index contributed by atoms with van der Waals surface area (Å²) in [6, 6.07) is 25.3. The summed E-state index contributed by atoms with van der Waals surface area (Å²) in [6.07, 6.45) is 0. The number of hydrazone groups is 1. The van der Waals surface area contributed by atoms with Crippen LogP contribution in [0, 0.1) is 6.92 Å². The topological polar surface area (TPSA) is 72.2 Å². The predicted molar refractivity (Wildman–Crippen MR) is 134 cm³/mol. The molecule has 0 saturated heterocycles. The van der Waals surface area contributed by atoms with Crippen LogP contribution in [0.1, 0.15) is 18.1 Å². The summed E-state index contributed by atoms with van der Waals surface area (Å²) in [5.74, 6) is 0.612. The van der Waals surface area contributed by atoms with Crippen molar-refractivity contribution >= 4 is 35.0 Å². The van der Waals surface area contributed by atoms with E-state index in [-0.39, 0.29) is 11.7 Å². The molecule has 1 N–H and O–H groups in total. The van der Waals surface area contributed by atoms with E-state index < -0.39 is 0 Å². The Morgan fingerprint density at radius 1 is 1.00 bits per heavy atom. The second kappa shape index (κ2) is 10.5. The first kappa shape index (κ1) is 22.8. The van der Waals surface area contributed by atoms with Crippen molar-refractivity contribution in [2.24, 2.45) is 5.10 Å². The normalized spacial score (nSPS) is 11.4. The Hall–Kier alpha value is -3.42. The van der Waals surface area contributed by atoms with Gasteiger partial charge in [0.1, 0.15) is 0 Å². The van der Waals surface area contributed by atoms with E-state index in [1.807, 2.05) is 84.3 Å². The van der Waals surface area contributed by atoms with E-state index >= 15 is 0 Å². The number of aryl methyl sites for hydroxylation is 1. The van der Waals surface area contributed by atoms with Crippen molar-refractivity contribution in [1.29, 1.82) is 0 Å². The molecule has 8 heteroatoms. The van der Waals surface area contributed by atoms with Gasteiger partial charge in [0.15, 0.2) is 11.0 Å². The van der Waals surface area contributed by atoms with Gasteiger partial charge in [-0.25, -0.2) is 5.43 Å². The average molecular weight is 476 g/mol. The smallest absolute Gasteiger partial charge is 0.250 e. The van der Waals surface area contributed by atoms with Crippen LogP contribution in [0.15, 0.2) is 89.1 Å². The highest BCUT2D eigenvalue weighted by molar-refractivity contribution is 7.99. The highest BCUT2D eigenvalue weighted by Gasteiger charge is 2.17. The minimum absolute atomic E-state index is 0.137. The second-order valence-corrected chi connectivity index (χ2v) is 8.69. The van der Waals surface area contributed by atoms with Crippen LogP contribution in [-0.2, 0) is 4.79 Å². The van der Waals surface area contributed by atoms with Gasteiger partial charge in [-0.05, 0) is 32.0 Å². The third-order valence-corrected chi connectivity index (χ3v) is 6.16. The molecular formula is C25H22ClN5OS. The Morgan fingerprint density at radius 3 is 2.42 bits per heavy atom. The van der Waals surface area contributed by atoms with Gasteiger partial charge in [0.05, 0.1) is 11.5 Å². The zero-order chi connectivity index (χ0) is 23.2. The molecule has 0 aliphatic rings. The Bertz CT molecular complexity index is 1290. The largest absolute Gasteiger partial charge is 0.272 e. The maximum absolute atomic E-state index is 12.5. The molecule has 0 saturated carbocycles. The van der Waals surface area contributed by atoms with Crippen LogP contribution in [0.2, 0.25) is 5.02 Å². The molecule has 166 valence electrons. The molecule has 1 heterocycles. The van der Waals surface area contributed by atoms with Crippen LogP contribution >= 0.6 is 23.4 Å². The molecule has 3 aromatic carbocycles. The fourth-order valence-electron chi connectivity index (χ4n) is 3.19. The van der Waals surface area contributed by atoms with E-state index in [0.29, 0.717) is 15.9 Å². The fourth-order valence-corrected chi connectivity index (χ4v) is 4.20. The highest BCUT2D eigenvalue weighted by atomic mass is 35.5. The van der Waals surface area contributed by atoms with Gasteiger partial charge in [-0.3, -0.25) is 9.36 Å². The minimum atomic E-state index is -0.245. The molecule has 1 amide bonds. The molecule has 6 nitrogen and oxygen atoms in total. The van der Waals surface area contributed by atoms with Crippen LogP contribution in [0.4, 0.5) is 0 Å². The van der Waals surface area contributed by atoms with Crippen molar-refractivity contribution < 1.29 is 4.79 Å². The molecule has 33 heavy (non-hydrogen) atoms. The maximum atomic E-state index is 12.5. The van der Waals surface area contributed by atoms with Crippen molar-refractivity contribution in [2.45, 2.75) is 19.0 Å². The SMILES string of the molecule is C/C(=N/NC(=O)CSc1nnc(-c2ccc(C)cc2)n1-c1ccccc1)c1ccccc1Cl. The van der Waals surface area contributed by atoms with Gasteiger partial charge in [-0.2, -0.15) is 5.10 Å². The first-order valence-corrected chi connectivity index (χ1v) is 11.7. The van der Waals surface area contributed by atoms with Gasteiger partial charge in [-0.15, -0.1) is 10.2 Å². The maximum Gasteiger partial charge on any atom is 0.250 e. The van der Waals surface area contributed by atoms with Crippen LogP contribution in [0.25, 0.3) is 17.1 Å². The lowest BCUT2D eigenvalue weighted by Gasteiger charge is -2.10. The Labute approximate surface area is 201 Å². The van der Waals surface area contributed by atoms with E-state index in [1.165, 1.54) is 17.3 Å². The van der Waals surface area contributed by atoms with Crippen molar-refractivity contribution in [1.82, 2.24) is 20.2 Å². The number of benzene rings is 3. The van der Waals surface area contributed by atoms with Crippen LogP contribution in [0.5, 0.6) is 0 Å². The van der Waals surface area contributed by atoms with E-state index in [2.05, 4.69) is 20.7 Å². The number of rotatable bonds is 7. The first-order valence-electron chi connectivity index (χ1n) is 10.3. The van der Waals surface area contributed by atoms with Crippen molar-refractivity contribution in [3.05, 3.63) is 95.0 Å². The minimum Gasteiger partial charge on any atom is -0.272 e. The highest BCUT2D eigenvalue weighted by Crippen LogP contribution is 2.28. The lowest BCUT2D eigenvalue weighted by Crippen LogP contribution is -2.21. The number of amides is 1. The van der Waals surface area contributed by atoms with Crippen molar-refractivity contribution in [3.8, 4) is 17.1 Å². The number of nitrogens with one attached hydrogen (secondary N) is 1. The lowest BCUT2D eigenvalue weighted by molar-refractivity contribution is -0.118.